The monoisotopic (exact) mass is 270 g/mol. The normalized spacial score (nSPS) is 33.5. The second-order valence-corrected chi connectivity index (χ2v) is 6.02. The summed E-state index contributed by atoms with van der Waals surface area (Å²) in [6.45, 7) is 9.39. The zero-order valence-corrected chi connectivity index (χ0v) is 12.2. The first-order valence-electron chi connectivity index (χ1n) is 7.27. The molecule has 110 valence electrons. The molecule has 19 heavy (non-hydrogen) atoms. The molecule has 3 unspecified atom stereocenters. The molecule has 1 heterocycles. The summed E-state index contributed by atoms with van der Waals surface area (Å²) in [5.41, 5.74) is 0.0251. The van der Waals surface area contributed by atoms with E-state index in [1.807, 2.05) is 6.92 Å². The van der Waals surface area contributed by atoms with Gasteiger partial charge in [0.1, 0.15) is 0 Å². The van der Waals surface area contributed by atoms with Gasteiger partial charge >= 0.3 is 0 Å². The van der Waals surface area contributed by atoms with Gasteiger partial charge in [0.2, 0.25) is 5.91 Å². The first-order chi connectivity index (χ1) is 9.04. The zero-order chi connectivity index (χ0) is 13.9. The maximum absolute atomic E-state index is 12.0. The lowest BCUT2D eigenvalue weighted by atomic mass is 9.64. The molecule has 1 aliphatic carbocycles. The maximum atomic E-state index is 12.0. The summed E-state index contributed by atoms with van der Waals surface area (Å²) in [6.07, 6.45) is 1.63. The van der Waals surface area contributed by atoms with Crippen molar-refractivity contribution in [3.05, 3.63) is 0 Å². The second-order valence-electron chi connectivity index (χ2n) is 6.02. The quantitative estimate of drug-likeness (QED) is 0.771. The van der Waals surface area contributed by atoms with Crippen LogP contribution in [0.4, 0.5) is 0 Å². The van der Waals surface area contributed by atoms with Gasteiger partial charge in [-0.2, -0.15) is 0 Å². The summed E-state index contributed by atoms with van der Waals surface area (Å²) in [5, 5.41) is 6.35. The Bertz CT molecular complexity index is 314. The Labute approximate surface area is 115 Å². The second kappa shape index (κ2) is 6.20. The number of rotatable bonds is 5. The van der Waals surface area contributed by atoms with Gasteiger partial charge in [0.25, 0.3) is 0 Å². The van der Waals surface area contributed by atoms with Crippen LogP contribution in [0.3, 0.4) is 0 Å². The van der Waals surface area contributed by atoms with E-state index in [9.17, 15) is 4.79 Å². The van der Waals surface area contributed by atoms with Crippen LogP contribution in [0.15, 0.2) is 0 Å². The highest BCUT2D eigenvalue weighted by atomic mass is 16.5. The van der Waals surface area contributed by atoms with Crippen molar-refractivity contribution in [3.63, 3.8) is 0 Å². The van der Waals surface area contributed by atoms with Crippen molar-refractivity contribution >= 4 is 5.91 Å². The molecule has 2 fully saturated rings. The molecule has 2 N–H and O–H groups in total. The van der Waals surface area contributed by atoms with Crippen molar-refractivity contribution in [2.24, 2.45) is 5.41 Å². The van der Waals surface area contributed by atoms with E-state index >= 15 is 0 Å². The topological polar surface area (TPSA) is 59.6 Å². The molecule has 0 radical (unpaired) electrons. The van der Waals surface area contributed by atoms with E-state index in [1.54, 1.807) is 0 Å². The van der Waals surface area contributed by atoms with Crippen molar-refractivity contribution in [1.29, 1.82) is 0 Å². The predicted molar refractivity (Wildman–Crippen MR) is 73.0 cm³/mol. The first-order valence-corrected chi connectivity index (χ1v) is 7.27. The van der Waals surface area contributed by atoms with Gasteiger partial charge < -0.3 is 20.1 Å². The van der Waals surface area contributed by atoms with Crippen molar-refractivity contribution in [2.45, 2.75) is 51.9 Å². The van der Waals surface area contributed by atoms with E-state index in [4.69, 9.17) is 9.47 Å². The van der Waals surface area contributed by atoms with Crippen molar-refractivity contribution in [3.8, 4) is 0 Å². The molecular weight excluding hydrogens is 244 g/mol. The van der Waals surface area contributed by atoms with E-state index < -0.39 is 0 Å². The fourth-order valence-electron chi connectivity index (χ4n) is 2.83. The lowest BCUT2D eigenvalue weighted by Crippen LogP contribution is -2.62. The molecule has 3 atom stereocenters. The van der Waals surface area contributed by atoms with Gasteiger partial charge in [0, 0.05) is 31.2 Å². The standard InChI is InChI=1S/C14H26N2O3/c1-4-18-12-8-11(14(12,2)3)16-13(17)7-10-9-15-5-6-19-10/h10-12,15H,4-9H2,1-3H3,(H,16,17). The SMILES string of the molecule is CCOC1CC(NC(=O)CC2CNCCO2)C1(C)C. The van der Waals surface area contributed by atoms with Gasteiger partial charge in [-0.25, -0.2) is 0 Å². The van der Waals surface area contributed by atoms with Gasteiger partial charge in [-0.3, -0.25) is 4.79 Å². The highest BCUT2D eigenvalue weighted by molar-refractivity contribution is 5.77. The fourth-order valence-corrected chi connectivity index (χ4v) is 2.83. The van der Waals surface area contributed by atoms with Gasteiger partial charge in [-0.05, 0) is 13.3 Å². The molecule has 5 heteroatoms. The highest BCUT2D eigenvalue weighted by Gasteiger charge is 2.49. The van der Waals surface area contributed by atoms with E-state index in [2.05, 4.69) is 24.5 Å². The molecule has 1 aliphatic heterocycles. The number of ether oxygens (including phenoxy) is 2. The average Bonchev–Trinajstić information content (AvgIpc) is 2.39. The van der Waals surface area contributed by atoms with Crippen LogP contribution < -0.4 is 10.6 Å². The van der Waals surface area contributed by atoms with Crippen LogP contribution in [-0.4, -0.2) is 50.5 Å². The minimum atomic E-state index is 0.0135. The van der Waals surface area contributed by atoms with E-state index in [0.29, 0.717) is 13.0 Å². The molecule has 1 saturated carbocycles. The lowest BCUT2D eigenvalue weighted by Gasteiger charge is -2.51. The van der Waals surface area contributed by atoms with Gasteiger partial charge in [0.15, 0.2) is 0 Å². The fraction of sp³-hybridized carbons (Fsp3) is 0.929. The van der Waals surface area contributed by atoms with E-state index in [-0.39, 0.29) is 29.6 Å². The summed E-state index contributed by atoms with van der Waals surface area (Å²) in [6, 6.07) is 0.216. The van der Waals surface area contributed by atoms with Crippen molar-refractivity contribution < 1.29 is 14.3 Å². The number of morpholine rings is 1. The third-order valence-corrected chi connectivity index (χ3v) is 4.30. The van der Waals surface area contributed by atoms with Crippen LogP contribution in [0.25, 0.3) is 0 Å². The van der Waals surface area contributed by atoms with Crippen LogP contribution in [0, 0.1) is 5.41 Å². The molecule has 0 spiro atoms. The third-order valence-electron chi connectivity index (χ3n) is 4.30. The lowest BCUT2D eigenvalue weighted by molar-refractivity contribution is -0.139. The number of hydrogen-bond donors (Lipinski definition) is 2. The predicted octanol–water partition coefficient (Wildman–Crippen LogP) is 0.685. The van der Waals surface area contributed by atoms with Crippen LogP contribution in [0.2, 0.25) is 0 Å². The molecular formula is C14H26N2O3. The molecule has 2 aliphatic rings. The van der Waals surface area contributed by atoms with E-state index in [1.165, 1.54) is 0 Å². The van der Waals surface area contributed by atoms with Crippen molar-refractivity contribution in [2.75, 3.05) is 26.3 Å². The molecule has 2 rings (SSSR count). The smallest absolute Gasteiger partial charge is 0.222 e. The van der Waals surface area contributed by atoms with E-state index in [0.717, 1.165) is 26.1 Å². The largest absolute Gasteiger partial charge is 0.378 e. The Hall–Kier alpha value is -0.650. The summed E-state index contributed by atoms with van der Waals surface area (Å²) in [5.74, 6) is 0.0849. The molecule has 5 nitrogen and oxygen atoms in total. The number of amides is 1. The summed E-state index contributed by atoms with van der Waals surface area (Å²) in [4.78, 5) is 12.0. The Kier molecular flexibility index (Phi) is 4.81. The number of carbonyl (C=O) groups excluding carboxylic acids is 1. The van der Waals surface area contributed by atoms with Crippen LogP contribution >= 0.6 is 0 Å². The first kappa shape index (κ1) is 14.8. The Balaban J connectivity index is 1.74. The minimum Gasteiger partial charge on any atom is -0.378 e. The average molecular weight is 270 g/mol. The Morgan fingerprint density at radius 3 is 2.89 bits per heavy atom. The third kappa shape index (κ3) is 3.46. The molecule has 1 saturated heterocycles. The van der Waals surface area contributed by atoms with Crippen molar-refractivity contribution in [1.82, 2.24) is 10.6 Å². The van der Waals surface area contributed by atoms with Crippen LogP contribution in [0.1, 0.15) is 33.6 Å². The summed E-state index contributed by atoms with van der Waals surface area (Å²) >= 11 is 0. The zero-order valence-electron chi connectivity index (χ0n) is 12.2. The number of carbonyl (C=O) groups is 1. The van der Waals surface area contributed by atoms with Gasteiger partial charge in [-0.15, -0.1) is 0 Å². The highest BCUT2D eigenvalue weighted by Crippen LogP contribution is 2.42. The molecule has 0 aromatic rings. The van der Waals surface area contributed by atoms with Gasteiger partial charge in [0.05, 0.1) is 25.2 Å². The number of nitrogens with one attached hydrogen (secondary N) is 2. The molecule has 0 aromatic heterocycles. The minimum absolute atomic E-state index is 0.0135. The Morgan fingerprint density at radius 1 is 1.53 bits per heavy atom. The number of hydrogen-bond acceptors (Lipinski definition) is 4. The summed E-state index contributed by atoms with van der Waals surface area (Å²) < 4.78 is 11.2. The van der Waals surface area contributed by atoms with Crippen LogP contribution in [0.5, 0.6) is 0 Å². The molecule has 0 aromatic carbocycles. The summed E-state index contributed by atoms with van der Waals surface area (Å²) in [7, 11) is 0. The maximum Gasteiger partial charge on any atom is 0.222 e. The molecule has 0 bridgehead atoms. The Morgan fingerprint density at radius 2 is 2.32 bits per heavy atom. The van der Waals surface area contributed by atoms with Gasteiger partial charge in [-0.1, -0.05) is 13.8 Å². The molecule has 1 amide bonds. The van der Waals surface area contributed by atoms with Crippen LogP contribution in [-0.2, 0) is 14.3 Å².